The van der Waals surface area contributed by atoms with E-state index in [1.54, 1.807) is 31.3 Å². The van der Waals surface area contributed by atoms with E-state index in [4.69, 9.17) is 9.26 Å². The van der Waals surface area contributed by atoms with Crippen molar-refractivity contribution < 1.29 is 14.1 Å². The molecule has 1 unspecified atom stereocenters. The number of amides is 1. The van der Waals surface area contributed by atoms with Crippen molar-refractivity contribution in [1.82, 2.24) is 10.1 Å². The number of aryl methyl sites for hydroxylation is 1. The number of hydrogen-bond acceptors (Lipinski definition) is 6. The van der Waals surface area contributed by atoms with Gasteiger partial charge in [0.1, 0.15) is 17.4 Å². The predicted molar refractivity (Wildman–Crippen MR) is 79.8 cm³/mol. The molecule has 0 saturated carbocycles. The molecule has 1 aliphatic rings. The van der Waals surface area contributed by atoms with Gasteiger partial charge in [0.25, 0.3) is 5.91 Å². The Hall–Kier alpha value is -2.02. The lowest BCUT2D eigenvalue weighted by atomic mass is 10.2. The van der Waals surface area contributed by atoms with Crippen molar-refractivity contribution in [3.05, 3.63) is 35.7 Å². The van der Waals surface area contributed by atoms with Gasteiger partial charge in [0, 0.05) is 18.0 Å². The van der Waals surface area contributed by atoms with Gasteiger partial charge in [0.05, 0.1) is 0 Å². The van der Waals surface area contributed by atoms with Crippen molar-refractivity contribution in [2.24, 2.45) is 0 Å². The number of thioether (sulfide) groups is 1. The van der Waals surface area contributed by atoms with Crippen LogP contribution in [0.4, 0.5) is 5.82 Å². The Morgan fingerprint density at radius 2 is 2.48 bits per heavy atom. The molecule has 1 amide bonds. The Bertz CT molecular complexity index is 638. The van der Waals surface area contributed by atoms with Crippen LogP contribution in [-0.4, -0.2) is 33.7 Å². The fraction of sp³-hybridized carbons (Fsp3) is 0.357. The topological polar surface area (TPSA) is 77.2 Å². The molecule has 110 valence electrons. The van der Waals surface area contributed by atoms with Crippen LogP contribution < -0.4 is 10.1 Å². The summed E-state index contributed by atoms with van der Waals surface area (Å²) in [6, 6.07) is 5.05. The summed E-state index contributed by atoms with van der Waals surface area (Å²) >= 11 is 1.85. The maximum atomic E-state index is 12.3. The molecular formula is C14H15N3O3S. The second kappa shape index (κ2) is 6.17. The Kier molecular flexibility index (Phi) is 4.10. The van der Waals surface area contributed by atoms with Gasteiger partial charge >= 0.3 is 0 Å². The number of nitrogens with zero attached hydrogens (tertiary/aromatic N) is 2. The zero-order valence-corrected chi connectivity index (χ0v) is 12.4. The second-order valence-electron chi connectivity index (χ2n) is 4.74. The van der Waals surface area contributed by atoms with E-state index in [2.05, 4.69) is 15.5 Å². The molecule has 1 saturated heterocycles. The van der Waals surface area contributed by atoms with E-state index in [0.29, 0.717) is 23.0 Å². The fourth-order valence-electron chi connectivity index (χ4n) is 2.03. The average molecular weight is 305 g/mol. The molecule has 1 N–H and O–H groups in total. The molecule has 3 heterocycles. The molecule has 0 bridgehead atoms. The van der Waals surface area contributed by atoms with Crippen LogP contribution in [0.3, 0.4) is 0 Å². The number of ether oxygens (including phenoxy) is 1. The van der Waals surface area contributed by atoms with Gasteiger partial charge in [-0.15, -0.1) is 0 Å². The Morgan fingerprint density at radius 3 is 3.19 bits per heavy atom. The molecule has 21 heavy (non-hydrogen) atoms. The largest absolute Gasteiger partial charge is 0.473 e. The van der Waals surface area contributed by atoms with E-state index in [-0.39, 0.29) is 12.0 Å². The molecule has 3 rings (SSSR count). The number of carbonyl (C=O) groups excluding carboxylic acids is 1. The van der Waals surface area contributed by atoms with Crippen LogP contribution in [0, 0.1) is 6.92 Å². The van der Waals surface area contributed by atoms with Gasteiger partial charge in [0.2, 0.25) is 5.88 Å². The maximum Gasteiger partial charge on any atom is 0.262 e. The lowest BCUT2D eigenvalue weighted by Crippen LogP contribution is -2.20. The van der Waals surface area contributed by atoms with Crippen molar-refractivity contribution in [1.29, 1.82) is 0 Å². The van der Waals surface area contributed by atoms with Gasteiger partial charge < -0.3 is 14.6 Å². The van der Waals surface area contributed by atoms with Gasteiger partial charge in [-0.3, -0.25) is 4.79 Å². The molecule has 7 heteroatoms. The van der Waals surface area contributed by atoms with Crippen LogP contribution >= 0.6 is 11.8 Å². The van der Waals surface area contributed by atoms with Gasteiger partial charge in [0.15, 0.2) is 5.82 Å². The highest BCUT2D eigenvalue weighted by molar-refractivity contribution is 7.99. The fourth-order valence-corrected chi connectivity index (χ4v) is 3.12. The summed E-state index contributed by atoms with van der Waals surface area (Å²) in [6.45, 7) is 1.76. The smallest absolute Gasteiger partial charge is 0.262 e. The van der Waals surface area contributed by atoms with Crippen LogP contribution in [0.2, 0.25) is 0 Å². The molecule has 1 aliphatic heterocycles. The first kappa shape index (κ1) is 13.9. The molecular weight excluding hydrogens is 290 g/mol. The van der Waals surface area contributed by atoms with Gasteiger partial charge in [-0.25, -0.2) is 4.98 Å². The minimum atomic E-state index is -0.308. The molecule has 0 radical (unpaired) electrons. The van der Waals surface area contributed by atoms with Crippen molar-refractivity contribution in [2.75, 3.05) is 16.8 Å². The van der Waals surface area contributed by atoms with Gasteiger partial charge in [-0.05, 0) is 31.2 Å². The van der Waals surface area contributed by atoms with E-state index in [1.807, 2.05) is 11.8 Å². The predicted octanol–water partition coefficient (Wildman–Crippen LogP) is 2.51. The Morgan fingerprint density at radius 1 is 1.57 bits per heavy atom. The summed E-state index contributed by atoms with van der Waals surface area (Å²) in [5.74, 6) is 3.08. The van der Waals surface area contributed by atoms with E-state index in [1.165, 1.54) is 0 Å². The molecule has 0 aromatic carbocycles. The molecule has 1 atom stereocenters. The quantitative estimate of drug-likeness (QED) is 0.935. The van der Waals surface area contributed by atoms with E-state index >= 15 is 0 Å². The molecule has 0 aliphatic carbocycles. The Balaban J connectivity index is 1.75. The summed E-state index contributed by atoms with van der Waals surface area (Å²) in [4.78, 5) is 16.5. The number of hydrogen-bond donors (Lipinski definition) is 1. The van der Waals surface area contributed by atoms with Crippen molar-refractivity contribution in [3.8, 4) is 5.88 Å². The highest BCUT2D eigenvalue weighted by Crippen LogP contribution is 2.24. The van der Waals surface area contributed by atoms with Crippen LogP contribution in [0.25, 0.3) is 0 Å². The molecule has 0 spiro atoms. The standard InChI is InChI=1S/C14H15N3O3S/c1-9-7-12(17-20-9)16-13(18)11-3-2-5-15-14(11)19-10-4-6-21-8-10/h2-3,5,7,10H,4,6,8H2,1H3,(H,16,17,18). The van der Waals surface area contributed by atoms with Gasteiger partial charge in [-0.2, -0.15) is 11.8 Å². The third-order valence-electron chi connectivity index (χ3n) is 3.05. The number of carbonyl (C=O) groups is 1. The second-order valence-corrected chi connectivity index (χ2v) is 5.89. The molecule has 2 aromatic rings. The third kappa shape index (κ3) is 3.36. The summed E-state index contributed by atoms with van der Waals surface area (Å²) in [5.41, 5.74) is 0.398. The number of rotatable bonds is 4. The lowest BCUT2D eigenvalue weighted by Gasteiger charge is -2.14. The first-order chi connectivity index (χ1) is 10.2. The van der Waals surface area contributed by atoms with E-state index < -0.39 is 0 Å². The normalized spacial score (nSPS) is 17.7. The zero-order valence-electron chi connectivity index (χ0n) is 11.5. The summed E-state index contributed by atoms with van der Waals surface area (Å²) in [7, 11) is 0. The van der Waals surface area contributed by atoms with Crippen LogP contribution in [0.5, 0.6) is 5.88 Å². The van der Waals surface area contributed by atoms with Crippen molar-refractivity contribution in [2.45, 2.75) is 19.4 Å². The third-order valence-corrected chi connectivity index (χ3v) is 4.18. The van der Waals surface area contributed by atoms with E-state index in [9.17, 15) is 4.79 Å². The molecule has 6 nitrogen and oxygen atoms in total. The lowest BCUT2D eigenvalue weighted by molar-refractivity contribution is 0.101. The maximum absolute atomic E-state index is 12.3. The number of aromatic nitrogens is 2. The SMILES string of the molecule is Cc1cc(NC(=O)c2cccnc2OC2CCSC2)no1. The first-order valence-electron chi connectivity index (χ1n) is 6.66. The van der Waals surface area contributed by atoms with E-state index in [0.717, 1.165) is 17.9 Å². The molecule has 1 fully saturated rings. The van der Waals surface area contributed by atoms with Crippen LogP contribution in [0.15, 0.2) is 28.9 Å². The average Bonchev–Trinajstić information content (AvgIpc) is 3.11. The minimum Gasteiger partial charge on any atom is -0.473 e. The highest BCUT2D eigenvalue weighted by atomic mass is 32.2. The van der Waals surface area contributed by atoms with Crippen LogP contribution in [0.1, 0.15) is 22.5 Å². The number of pyridine rings is 1. The summed E-state index contributed by atoms with van der Waals surface area (Å²) < 4.78 is 10.8. The first-order valence-corrected chi connectivity index (χ1v) is 7.82. The monoisotopic (exact) mass is 305 g/mol. The summed E-state index contributed by atoms with van der Waals surface area (Å²) in [6.07, 6.45) is 2.71. The van der Waals surface area contributed by atoms with Crippen molar-refractivity contribution >= 4 is 23.5 Å². The van der Waals surface area contributed by atoms with Crippen LogP contribution in [-0.2, 0) is 0 Å². The van der Waals surface area contributed by atoms with Gasteiger partial charge in [-0.1, -0.05) is 5.16 Å². The zero-order chi connectivity index (χ0) is 14.7. The summed E-state index contributed by atoms with van der Waals surface area (Å²) in [5, 5.41) is 6.42. The van der Waals surface area contributed by atoms with Crippen molar-refractivity contribution in [3.63, 3.8) is 0 Å². The number of anilines is 1. The number of nitrogens with one attached hydrogen (secondary N) is 1. The minimum absolute atomic E-state index is 0.116. The Labute approximate surface area is 126 Å². The molecule has 2 aromatic heterocycles. The highest BCUT2D eigenvalue weighted by Gasteiger charge is 2.21.